The predicted molar refractivity (Wildman–Crippen MR) is 81.2 cm³/mol. The van der Waals surface area contributed by atoms with Gasteiger partial charge < -0.3 is 10.4 Å². The van der Waals surface area contributed by atoms with Gasteiger partial charge in [-0.2, -0.15) is 0 Å². The van der Waals surface area contributed by atoms with Crippen LogP contribution in [0.5, 0.6) is 0 Å². The van der Waals surface area contributed by atoms with Crippen molar-refractivity contribution in [1.29, 1.82) is 0 Å². The molecule has 0 unspecified atom stereocenters. The van der Waals surface area contributed by atoms with Crippen molar-refractivity contribution in [2.24, 2.45) is 0 Å². The normalized spacial score (nSPS) is 12.2. The summed E-state index contributed by atoms with van der Waals surface area (Å²) in [5.41, 5.74) is 2.34. The van der Waals surface area contributed by atoms with Crippen molar-refractivity contribution in [3.05, 3.63) is 49.3 Å². The second-order valence-electron chi connectivity index (χ2n) is 3.75. The van der Waals surface area contributed by atoms with Gasteiger partial charge in [0.2, 0.25) is 0 Å². The molecule has 1 heterocycles. The number of rotatable bonds is 4. The maximum Gasteiger partial charge on any atom is 0.264 e. The molecule has 0 saturated carbocycles. The largest absolute Gasteiger partial charge is 0.387 e. The topological polar surface area (TPSA) is 62.2 Å². The van der Waals surface area contributed by atoms with Crippen LogP contribution in [0.25, 0.3) is 0 Å². The first-order valence-corrected chi connectivity index (χ1v) is 7.85. The summed E-state index contributed by atoms with van der Waals surface area (Å²) in [4.78, 5) is 16.3. The van der Waals surface area contributed by atoms with E-state index in [0.29, 0.717) is 9.48 Å². The number of thiazole rings is 1. The zero-order valence-corrected chi connectivity index (χ0v) is 13.6. The standard InChI is InChI=1S/C12H10Br2N2O2S/c13-8-3-1-2-7(4-8)9(17)5-15-12(18)10-11(14)16-6-19-10/h1-4,6,9,17H,5H2,(H,15,18)/t9-/m1/s1. The predicted octanol–water partition coefficient (Wildman–Crippen LogP) is 3.13. The molecule has 19 heavy (non-hydrogen) atoms. The lowest BCUT2D eigenvalue weighted by Crippen LogP contribution is -2.28. The van der Waals surface area contributed by atoms with Gasteiger partial charge >= 0.3 is 0 Å². The lowest BCUT2D eigenvalue weighted by Gasteiger charge is -2.12. The molecule has 0 aliphatic carbocycles. The summed E-state index contributed by atoms with van der Waals surface area (Å²) >= 11 is 7.79. The van der Waals surface area contributed by atoms with Gasteiger partial charge in [-0.1, -0.05) is 28.1 Å². The van der Waals surface area contributed by atoms with Crippen molar-refractivity contribution < 1.29 is 9.90 Å². The highest BCUT2D eigenvalue weighted by Crippen LogP contribution is 2.20. The van der Waals surface area contributed by atoms with Gasteiger partial charge in [-0.25, -0.2) is 4.98 Å². The van der Waals surface area contributed by atoms with Gasteiger partial charge in [0.05, 0.1) is 11.6 Å². The SMILES string of the molecule is O=C(NC[C@@H](O)c1cccc(Br)c1)c1scnc1Br. The molecule has 1 aromatic heterocycles. The fraction of sp³-hybridized carbons (Fsp3) is 0.167. The first kappa shape index (κ1) is 14.6. The molecule has 2 aromatic rings. The first-order valence-electron chi connectivity index (χ1n) is 5.38. The Morgan fingerprint density at radius 1 is 1.47 bits per heavy atom. The molecule has 7 heteroatoms. The fourth-order valence-electron chi connectivity index (χ4n) is 1.48. The number of benzene rings is 1. The molecule has 0 aliphatic rings. The lowest BCUT2D eigenvalue weighted by atomic mass is 10.1. The average Bonchev–Trinajstić information content (AvgIpc) is 2.82. The number of halogens is 2. The Morgan fingerprint density at radius 3 is 2.89 bits per heavy atom. The third kappa shape index (κ3) is 3.85. The van der Waals surface area contributed by atoms with Crippen LogP contribution < -0.4 is 5.32 Å². The van der Waals surface area contributed by atoms with Crippen molar-refractivity contribution in [3.63, 3.8) is 0 Å². The van der Waals surface area contributed by atoms with Crippen molar-refractivity contribution in [2.45, 2.75) is 6.10 Å². The molecule has 0 saturated heterocycles. The van der Waals surface area contributed by atoms with Gasteiger partial charge in [0.1, 0.15) is 9.48 Å². The van der Waals surface area contributed by atoms with Crippen molar-refractivity contribution in [1.82, 2.24) is 10.3 Å². The van der Waals surface area contributed by atoms with Gasteiger partial charge in [-0.15, -0.1) is 11.3 Å². The smallest absolute Gasteiger partial charge is 0.264 e. The van der Waals surface area contributed by atoms with Crippen molar-refractivity contribution >= 4 is 49.1 Å². The van der Waals surface area contributed by atoms with Crippen molar-refractivity contribution in [3.8, 4) is 0 Å². The van der Waals surface area contributed by atoms with E-state index in [1.807, 2.05) is 24.3 Å². The van der Waals surface area contributed by atoms with E-state index in [4.69, 9.17) is 0 Å². The number of hydrogen-bond acceptors (Lipinski definition) is 4. The maximum absolute atomic E-state index is 11.8. The number of amides is 1. The molecule has 0 aliphatic heterocycles. The van der Waals surface area contributed by atoms with Crippen LogP contribution in [-0.2, 0) is 0 Å². The summed E-state index contributed by atoms with van der Waals surface area (Å²) in [6.45, 7) is 0.152. The van der Waals surface area contributed by atoms with Crippen LogP contribution in [0.15, 0.2) is 38.9 Å². The second kappa shape index (κ2) is 6.60. The molecule has 0 fully saturated rings. The highest BCUT2D eigenvalue weighted by molar-refractivity contribution is 9.10. The Bertz CT molecular complexity index is 589. The molecule has 0 bridgehead atoms. The number of aliphatic hydroxyl groups is 1. The van der Waals surface area contributed by atoms with Crippen LogP contribution in [0.2, 0.25) is 0 Å². The van der Waals surface area contributed by atoms with E-state index in [1.54, 1.807) is 5.51 Å². The minimum atomic E-state index is -0.742. The van der Waals surface area contributed by atoms with Crippen LogP contribution in [0.3, 0.4) is 0 Å². The molecule has 0 radical (unpaired) electrons. The summed E-state index contributed by atoms with van der Waals surface area (Å²) in [6, 6.07) is 7.34. The number of aliphatic hydroxyl groups excluding tert-OH is 1. The molecule has 0 spiro atoms. The van der Waals surface area contributed by atoms with E-state index >= 15 is 0 Å². The van der Waals surface area contributed by atoms with E-state index in [-0.39, 0.29) is 12.5 Å². The third-order valence-corrected chi connectivity index (χ3v) is 4.60. The summed E-state index contributed by atoms with van der Waals surface area (Å²) < 4.78 is 1.41. The van der Waals surface area contributed by atoms with Crippen LogP contribution >= 0.6 is 43.2 Å². The Labute approximate surface area is 131 Å². The average molecular weight is 406 g/mol. The Hall–Kier alpha value is -0.760. The van der Waals surface area contributed by atoms with Crippen LogP contribution in [-0.4, -0.2) is 22.5 Å². The molecule has 1 aromatic carbocycles. The first-order chi connectivity index (χ1) is 9.08. The number of nitrogens with one attached hydrogen (secondary N) is 1. The summed E-state index contributed by atoms with van der Waals surface area (Å²) in [7, 11) is 0. The fourth-order valence-corrected chi connectivity index (χ4v) is 3.19. The zero-order chi connectivity index (χ0) is 13.8. The summed E-state index contributed by atoms with van der Waals surface area (Å²) in [5, 5.41) is 12.7. The molecule has 2 N–H and O–H groups in total. The van der Waals surface area contributed by atoms with E-state index in [1.165, 1.54) is 11.3 Å². The number of carbonyl (C=O) groups excluding carboxylic acids is 1. The number of aromatic nitrogens is 1. The highest BCUT2D eigenvalue weighted by Gasteiger charge is 2.15. The number of hydrogen-bond donors (Lipinski definition) is 2. The van der Waals surface area contributed by atoms with Crippen molar-refractivity contribution in [2.75, 3.05) is 6.54 Å². The quantitative estimate of drug-likeness (QED) is 0.821. The van der Waals surface area contributed by atoms with E-state index < -0.39 is 6.10 Å². The molecule has 100 valence electrons. The zero-order valence-electron chi connectivity index (χ0n) is 9.64. The molecule has 2 rings (SSSR count). The number of nitrogens with zero attached hydrogens (tertiary/aromatic N) is 1. The third-order valence-electron chi connectivity index (χ3n) is 2.42. The van der Waals surface area contributed by atoms with Gasteiger partial charge in [-0.3, -0.25) is 4.79 Å². The molecular weight excluding hydrogens is 396 g/mol. The molecular formula is C12H10Br2N2O2S. The van der Waals surface area contributed by atoms with E-state index in [9.17, 15) is 9.90 Å². The number of carbonyl (C=O) groups is 1. The maximum atomic E-state index is 11.8. The lowest BCUT2D eigenvalue weighted by molar-refractivity contribution is 0.0919. The molecule has 1 atom stereocenters. The monoisotopic (exact) mass is 404 g/mol. The Kier molecular flexibility index (Phi) is 5.09. The van der Waals surface area contributed by atoms with Gasteiger partial charge in [0.15, 0.2) is 0 Å². The van der Waals surface area contributed by atoms with Gasteiger partial charge in [0.25, 0.3) is 5.91 Å². The molecule has 4 nitrogen and oxygen atoms in total. The van der Waals surface area contributed by atoms with Gasteiger partial charge in [-0.05, 0) is 33.6 Å². The van der Waals surface area contributed by atoms with Crippen LogP contribution in [0.1, 0.15) is 21.3 Å². The van der Waals surface area contributed by atoms with E-state index in [0.717, 1.165) is 10.0 Å². The minimum absolute atomic E-state index is 0.152. The Morgan fingerprint density at radius 2 is 2.26 bits per heavy atom. The van der Waals surface area contributed by atoms with Gasteiger partial charge in [0, 0.05) is 11.0 Å². The summed E-state index contributed by atoms with van der Waals surface area (Å²) in [5.74, 6) is -0.247. The van der Waals surface area contributed by atoms with E-state index in [2.05, 4.69) is 42.2 Å². The molecule has 1 amide bonds. The second-order valence-corrected chi connectivity index (χ2v) is 6.27. The van der Waals surface area contributed by atoms with Crippen LogP contribution in [0.4, 0.5) is 0 Å². The Balaban J connectivity index is 1.96. The minimum Gasteiger partial charge on any atom is -0.387 e. The highest BCUT2D eigenvalue weighted by atomic mass is 79.9. The van der Waals surface area contributed by atoms with Crippen LogP contribution in [0, 0.1) is 0 Å². The summed E-state index contributed by atoms with van der Waals surface area (Å²) in [6.07, 6.45) is -0.742.